The minimum Gasteiger partial charge on any atom is -0.454 e. The number of hydrogen-bond donors (Lipinski definition) is 1. The van der Waals surface area contributed by atoms with Crippen LogP contribution in [0.2, 0.25) is 0 Å². The Morgan fingerprint density at radius 1 is 1.29 bits per heavy atom. The molecule has 0 saturated heterocycles. The zero-order valence-corrected chi connectivity index (χ0v) is 12.7. The number of nitro groups is 1. The molecule has 0 fully saturated rings. The van der Waals surface area contributed by atoms with Gasteiger partial charge >= 0.3 is 5.82 Å². The molecular weight excluding hydrogens is 314 g/mol. The molecule has 2 aromatic heterocycles. The normalized spacial score (nSPS) is 13.9. The van der Waals surface area contributed by atoms with Gasteiger partial charge in [-0.3, -0.25) is 0 Å². The Labute approximate surface area is 136 Å². The van der Waals surface area contributed by atoms with E-state index in [0.717, 1.165) is 11.3 Å². The molecule has 0 saturated carbocycles. The van der Waals surface area contributed by atoms with Crippen LogP contribution in [0.25, 0.3) is 5.65 Å². The SMILES string of the molecule is CC(Nc1ccc2ncc([N+](=O)[O-])n2n1)c1ccc2c(c1)OCO2. The lowest BCUT2D eigenvalue weighted by Crippen LogP contribution is -2.10. The van der Waals surface area contributed by atoms with Gasteiger partial charge in [-0.05, 0) is 35.6 Å². The highest BCUT2D eigenvalue weighted by Crippen LogP contribution is 2.34. The highest BCUT2D eigenvalue weighted by Gasteiger charge is 2.18. The van der Waals surface area contributed by atoms with Crippen molar-refractivity contribution in [3.8, 4) is 11.5 Å². The standard InChI is InChI=1S/C15H13N5O4/c1-9(10-2-3-11-12(6-10)24-8-23-11)17-13-4-5-14-16-7-15(20(21)22)19(14)18-13/h2-7,9H,8H2,1H3,(H,17,18). The number of anilines is 1. The summed E-state index contributed by atoms with van der Waals surface area (Å²) in [6, 6.07) is 9.02. The maximum absolute atomic E-state index is 11.0. The third kappa shape index (κ3) is 2.35. The highest BCUT2D eigenvalue weighted by atomic mass is 16.7. The van der Waals surface area contributed by atoms with Crippen LogP contribution in [0.4, 0.5) is 11.6 Å². The van der Waals surface area contributed by atoms with E-state index >= 15 is 0 Å². The van der Waals surface area contributed by atoms with E-state index in [-0.39, 0.29) is 18.7 Å². The van der Waals surface area contributed by atoms with Crippen LogP contribution in [0.1, 0.15) is 18.5 Å². The highest BCUT2D eigenvalue weighted by molar-refractivity contribution is 5.50. The number of fused-ring (bicyclic) bond motifs is 2. The quantitative estimate of drug-likeness (QED) is 0.580. The van der Waals surface area contributed by atoms with Crippen molar-refractivity contribution in [2.24, 2.45) is 0 Å². The van der Waals surface area contributed by atoms with Crippen LogP contribution < -0.4 is 14.8 Å². The Hall–Kier alpha value is -3.36. The molecule has 0 amide bonds. The van der Waals surface area contributed by atoms with Crippen LogP contribution in [0.3, 0.4) is 0 Å². The monoisotopic (exact) mass is 327 g/mol. The minimum atomic E-state index is -0.516. The first-order valence-corrected chi connectivity index (χ1v) is 7.27. The number of rotatable bonds is 4. The van der Waals surface area contributed by atoms with Crippen molar-refractivity contribution in [1.82, 2.24) is 14.6 Å². The number of nitrogens with one attached hydrogen (secondary N) is 1. The molecule has 1 aromatic carbocycles. The number of imidazole rings is 1. The Balaban J connectivity index is 1.61. The second kappa shape index (κ2) is 5.37. The van der Waals surface area contributed by atoms with Crippen LogP contribution in [0.15, 0.2) is 36.5 Å². The Morgan fingerprint density at radius 3 is 2.96 bits per heavy atom. The zero-order valence-electron chi connectivity index (χ0n) is 12.7. The van der Waals surface area contributed by atoms with E-state index in [2.05, 4.69) is 15.4 Å². The Bertz CT molecular complexity index is 939. The average Bonchev–Trinajstić information content (AvgIpc) is 3.20. The molecule has 1 atom stereocenters. The molecular formula is C15H13N5O4. The van der Waals surface area contributed by atoms with Crippen molar-refractivity contribution in [1.29, 1.82) is 0 Å². The van der Waals surface area contributed by atoms with E-state index < -0.39 is 4.92 Å². The summed E-state index contributed by atoms with van der Waals surface area (Å²) in [5.41, 5.74) is 1.41. The molecule has 0 radical (unpaired) electrons. The maximum atomic E-state index is 11.0. The molecule has 122 valence electrons. The molecule has 0 spiro atoms. The number of aromatic nitrogens is 3. The summed E-state index contributed by atoms with van der Waals surface area (Å²) in [6.07, 6.45) is 1.19. The largest absolute Gasteiger partial charge is 0.454 e. The fourth-order valence-electron chi connectivity index (χ4n) is 2.55. The maximum Gasteiger partial charge on any atom is 0.368 e. The van der Waals surface area contributed by atoms with E-state index in [9.17, 15) is 10.1 Å². The van der Waals surface area contributed by atoms with Crippen LogP contribution in [0.5, 0.6) is 11.5 Å². The molecule has 1 aliphatic heterocycles. The van der Waals surface area contributed by atoms with Gasteiger partial charge in [0.1, 0.15) is 6.20 Å². The van der Waals surface area contributed by atoms with Crippen molar-refractivity contribution in [2.45, 2.75) is 13.0 Å². The summed E-state index contributed by atoms with van der Waals surface area (Å²) in [6.45, 7) is 2.19. The number of nitrogens with zero attached hydrogens (tertiary/aromatic N) is 4. The predicted octanol–water partition coefficient (Wildman–Crippen LogP) is 2.54. The van der Waals surface area contributed by atoms with Gasteiger partial charge in [-0.15, -0.1) is 0 Å². The minimum absolute atomic E-state index is 0.0768. The fraction of sp³-hybridized carbons (Fsp3) is 0.200. The topological polar surface area (TPSA) is 104 Å². The third-order valence-corrected chi connectivity index (χ3v) is 3.79. The molecule has 0 aliphatic carbocycles. The van der Waals surface area contributed by atoms with Crippen molar-refractivity contribution in [3.63, 3.8) is 0 Å². The summed E-state index contributed by atoms with van der Waals surface area (Å²) in [5.74, 6) is 1.76. The van der Waals surface area contributed by atoms with E-state index in [1.165, 1.54) is 10.7 Å². The van der Waals surface area contributed by atoms with Gasteiger partial charge in [0.25, 0.3) is 0 Å². The lowest BCUT2D eigenvalue weighted by Gasteiger charge is -2.14. The molecule has 1 N–H and O–H groups in total. The van der Waals surface area contributed by atoms with Gasteiger partial charge in [0.05, 0.1) is 6.04 Å². The van der Waals surface area contributed by atoms with Crippen molar-refractivity contribution < 1.29 is 14.4 Å². The zero-order chi connectivity index (χ0) is 16.7. The first-order valence-electron chi connectivity index (χ1n) is 7.27. The molecule has 0 bridgehead atoms. The van der Waals surface area contributed by atoms with E-state index in [4.69, 9.17) is 9.47 Å². The van der Waals surface area contributed by atoms with Crippen molar-refractivity contribution in [2.75, 3.05) is 12.1 Å². The summed E-state index contributed by atoms with van der Waals surface area (Å²) < 4.78 is 11.9. The predicted molar refractivity (Wildman–Crippen MR) is 84.2 cm³/mol. The second-order valence-corrected chi connectivity index (χ2v) is 5.34. The van der Waals surface area contributed by atoms with Gasteiger partial charge in [0.15, 0.2) is 17.3 Å². The summed E-state index contributed by atoms with van der Waals surface area (Å²) >= 11 is 0. The number of benzene rings is 1. The lowest BCUT2D eigenvalue weighted by atomic mass is 10.1. The fourth-order valence-corrected chi connectivity index (χ4v) is 2.55. The molecule has 9 heteroatoms. The Kier molecular flexibility index (Phi) is 3.19. The molecule has 3 aromatic rings. The molecule has 9 nitrogen and oxygen atoms in total. The van der Waals surface area contributed by atoms with Crippen molar-refractivity contribution in [3.05, 3.63) is 52.2 Å². The van der Waals surface area contributed by atoms with Crippen molar-refractivity contribution >= 4 is 17.3 Å². The van der Waals surface area contributed by atoms with Gasteiger partial charge in [-0.1, -0.05) is 15.7 Å². The first kappa shape index (κ1) is 14.2. The second-order valence-electron chi connectivity index (χ2n) is 5.34. The summed E-state index contributed by atoms with van der Waals surface area (Å²) in [7, 11) is 0. The molecule has 4 rings (SSSR count). The summed E-state index contributed by atoms with van der Waals surface area (Å²) in [5, 5.41) is 18.5. The van der Waals surface area contributed by atoms with Gasteiger partial charge in [0.2, 0.25) is 12.4 Å². The van der Waals surface area contributed by atoms with E-state index in [0.29, 0.717) is 17.2 Å². The van der Waals surface area contributed by atoms with Gasteiger partial charge < -0.3 is 24.9 Å². The molecule has 1 aliphatic rings. The number of hydrogen-bond acceptors (Lipinski definition) is 7. The van der Waals surface area contributed by atoms with Crippen LogP contribution >= 0.6 is 0 Å². The van der Waals surface area contributed by atoms with Crippen LogP contribution in [-0.4, -0.2) is 26.3 Å². The van der Waals surface area contributed by atoms with Gasteiger partial charge in [-0.2, -0.15) is 0 Å². The van der Waals surface area contributed by atoms with E-state index in [1.54, 1.807) is 12.1 Å². The van der Waals surface area contributed by atoms with E-state index in [1.807, 2.05) is 25.1 Å². The molecule has 1 unspecified atom stereocenters. The number of ether oxygens (including phenoxy) is 2. The van der Waals surface area contributed by atoms with Crippen LogP contribution in [0, 0.1) is 10.1 Å². The third-order valence-electron chi connectivity index (χ3n) is 3.79. The van der Waals surface area contributed by atoms with Gasteiger partial charge in [-0.25, -0.2) is 4.98 Å². The first-order chi connectivity index (χ1) is 11.6. The average molecular weight is 327 g/mol. The molecule has 3 heterocycles. The van der Waals surface area contributed by atoms with Crippen LogP contribution in [-0.2, 0) is 0 Å². The lowest BCUT2D eigenvalue weighted by molar-refractivity contribution is -0.391. The van der Waals surface area contributed by atoms with Gasteiger partial charge in [0, 0.05) is 6.07 Å². The Morgan fingerprint density at radius 2 is 2.12 bits per heavy atom. The summed E-state index contributed by atoms with van der Waals surface area (Å²) in [4.78, 5) is 14.4. The molecule has 24 heavy (non-hydrogen) atoms. The smallest absolute Gasteiger partial charge is 0.368 e.